The third-order valence-corrected chi connectivity index (χ3v) is 2.47. The van der Waals surface area contributed by atoms with Crippen LogP contribution in [0.1, 0.15) is 5.56 Å². The summed E-state index contributed by atoms with van der Waals surface area (Å²) >= 11 is 1.53. The fourth-order valence-corrected chi connectivity index (χ4v) is 1.65. The standard InChI is InChI=1S/C9H10N2S/c10-5-6-12-9-4-2-1-3-8(9)7-11/h1-4H,6-7,11H2. The van der Waals surface area contributed by atoms with Crippen molar-refractivity contribution in [2.75, 3.05) is 5.75 Å². The molecule has 0 saturated heterocycles. The van der Waals surface area contributed by atoms with Crippen molar-refractivity contribution in [3.63, 3.8) is 0 Å². The minimum Gasteiger partial charge on any atom is -0.326 e. The van der Waals surface area contributed by atoms with Crippen molar-refractivity contribution in [1.29, 1.82) is 5.26 Å². The predicted octanol–water partition coefficient (Wildman–Crippen LogP) is 1.76. The van der Waals surface area contributed by atoms with Gasteiger partial charge in [-0.25, -0.2) is 0 Å². The van der Waals surface area contributed by atoms with Gasteiger partial charge < -0.3 is 5.73 Å². The monoisotopic (exact) mass is 178 g/mol. The Hall–Kier alpha value is -0.980. The Morgan fingerprint density at radius 1 is 1.42 bits per heavy atom. The number of hydrogen-bond acceptors (Lipinski definition) is 3. The van der Waals surface area contributed by atoms with Gasteiger partial charge in [0.25, 0.3) is 0 Å². The van der Waals surface area contributed by atoms with Crippen molar-refractivity contribution in [2.24, 2.45) is 5.73 Å². The molecule has 0 radical (unpaired) electrons. The van der Waals surface area contributed by atoms with E-state index in [0.717, 1.165) is 10.5 Å². The molecule has 0 spiro atoms. The van der Waals surface area contributed by atoms with Gasteiger partial charge in [-0.3, -0.25) is 0 Å². The van der Waals surface area contributed by atoms with Crippen LogP contribution in [0.3, 0.4) is 0 Å². The van der Waals surface area contributed by atoms with Gasteiger partial charge in [0, 0.05) is 11.4 Å². The molecule has 0 heterocycles. The summed E-state index contributed by atoms with van der Waals surface area (Å²) in [6.45, 7) is 0.536. The second kappa shape index (κ2) is 4.81. The van der Waals surface area contributed by atoms with Crippen LogP contribution in [0.4, 0.5) is 0 Å². The number of hydrogen-bond donors (Lipinski definition) is 1. The maximum Gasteiger partial charge on any atom is 0.0855 e. The van der Waals surface area contributed by atoms with Crippen LogP contribution in [0.25, 0.3) is 0 Å². The quantitative estimate of drug-likeness (QED) is 0.717. The molecule has 1 aromatic carbocycles. The highest BCUT2D eigenvalue weighted by Gasteiger charge is 1.98. The lowest BCUT2D eigenvalue weighted by molar-refractivity contribution is 1.03. The Bertz CT molecular complexity index is 291. The minimum atomic E-state index is 0.483. The van der Waals surface area contributed by atoms with Gasteiger partial charge >= 0.3 is 0 Å². The van der Waals surface area contributed by atoms with Crippen LogP contribution in [0.5, 0.6) is 0 Å². The summed E-state index contributed by atoms with van der Waals surface area (Å²) in [5.41, 5.74) is 6.64. The van der Waals surface area contributed by atoms with Gasteiger partial charge in [0.15, 0.2) is 0 Å². The topological polar surface area (TPSA) is 49.8 Å². The Kier molecular flexibility index (Phi) is 3.65. The normalized spacial score (nSPS) is 9.33. The zero-order valence-electron chi connectivity index (χ0n) is 6.66. The van der Waals surface area contributed by atoms with Crippen molar-refractivity contribution in [3.8, 4) is 6.07 Å². The van der Waals surface area contributed by atoms with Crippen molar-refractivity contribution in [3.05, 3.63) is 29.8 Å². The molecule has 0 aromatic heterocycles. The maximum absolute atomic E-state index is 8.39. The smallest absolute Gasteiger partial charge is 0.0855 e. The first-order chi connectivity index (χ1) is 5.88. The fraction of sp³-hybridized carbons (Fsp3) is 0.222. The van der Waals surface area contributed by atoms with Crippen molar-refractivity contribution >= 4 is 11.8 Å². The average Bonchev–Trinajstić information content (AvgIpc) is 2.15. The fourth-order valence-electron chi connectivity index (χ4n) is 0.923. The van der Waals surface area contributed by atoms with Crippen LogP contribution >= 0.6 is 11.8 Å². The molecule has 0 fully saturated rings. The molecule has 0 aliphatic rings. The lowest BCUT2D eigenvalue weighted by atomic mass is 10.2. The lowest BCUT2D eigenvalue weighted by Crippen LogP contribution is -1.97. The summed E-state index contributed by atoms with van der Waals surface area (Å²) in [5.74, 6) is 0.483. The van der Waals surface area contributed by atoms with E-state index in [0.29, 0.717) is 12.3 Å². The zero-order valence-corrected chi connectivity index (χ0v) is 7.47. The molecule has 0 atom stereocenters. The van der Waals surface area contributed by atoms with E-state index in [-0.39, 0.29) is 0 Å². The molecular formula is C9H10N2S. The molecule has 0 aliphatic carbocycles. The zero-order chi connectivity index (χ0) is 8.81. The second-order valence-corrected chi connectivity index (χ2v) is 3.28. The van der Waals surface area contributed by atoms with Crippen molar-refractivity contribution in [2.45, 2.75) is 11.4 Å². The molecule has 0 bridgehead atoms. The third kappa shape index (κ3) is 2.26. The van der Waals surface area contributed by atoms with E-state index in [1.165, 1.54) is 11.8 Å². The molecule has 62 valence electrons. The highest BCUT2D eigenvalue weighted by molar-refractivity contribution is 7.99. The van der Waals surface area contributed by atoms with Gasteiger partial charge in [-0.15, -0.1) is 11.8 Å². The molecule has 0 aliphatic heterocycles. The summed E-state index contributed by atoms with van der Waals surface area (Å²) in [7, 11) is 0. The number of rotatable bonds is 3. The van der Waals surface area contributed by atoms with E-state index in [9.17, 15) is 0 Å². The number of benzene rings is 1. The van der Waals surface area contributed by atoms with E-state index < -0.39 is 0 Å². The molecule has 0 unspecified atom stereocenters. The van der Waals surface area contributed by atoms with E-state index in [1.807, 2.05) is 24.3 Å². The SMILES string of the molecule is N#CCSc1ccccc1CN. The van der Waals surface area contributed by atoms with Gasteiger partial charge in [0.2, 0.25) is 0 Å². The Morgan fingerprint density at radius 2 is 2.17 bits per heavy atom. The van der Waals surface area contributed by atoms with Gasteiger partial charge in [0.05, 0.1) is 11.8 Å². The van der Waals surface area contributed by atoms with Gasteiger partial charge in [0.1, 0.15) is 0 Å². The van der Waals surface area contributed by atoms with Crippen molar-refractivity contribution < 1.29 is 0 Å². The summed E-state index contributed by atoms with van der Waals surface area (Å²) < 4.78 is 0. The number of nitrogens with zero attached hydrogens (tertiary/aromatic N) is 1. The van der Waals surface area contributed by atoms with E-state index in [1.54, 1.807) is 0 Å². The lowest BCUT2D eigenvalue weighted by Gasteiger charge is -2.03. The summed E-state index contributed by atoms with van der Waals surface area (Å²) in [5, 5.41) is 8.39. The van der Waals surface area contributed by atoms with E-state index >= 15 is 0 Å². The van der Waals surface area contributed by atoms with Crippen LogP contribution in [-0.4, -0.2) is 5.75 Å². The first-order valence-corrected chi connectivity index (χ1v) is 4.64. The van der Waals surface area contributed by atoms with Crippen LogP contribution in [0, 0.1) is 11.3 Å². The minimum absolute atomic E-state index is 0.483. The molecule has 0 saturated carbocycles. The van der Waals surface area contributed by atoms with Crippen LogP contribution in [0.2, 0.25) is 0 Å². The largest absolute Gasteiger partial charge is 0.326 e. The van der Waals surface area contributed by atoms with Crippen LogP contribution in [-0.2, 0) is 6.54 Å². The Labute approximate surface area is 76.4 Å². The maximum atomic E-state index is 8.39. The molecule has 3 heteroatoms. The first kappa shape index (κ1) is 9.11. The molecule has 2 nitrogen and oxygen atoms in total. The molecular weight excluding hydrogens is 168 g/mol. The van der Waals surface area contributed by atoms with Crippen LogP contribution < -0.4 is 5.73 Å². The van der Waals surface area contributed by atoms with Crippen LogP contribution in [0.15, 0.2) is 29.2 Å². The summed E-state index contributed by atoms with van der Waals surface area (Å²) in [6.07, 6.45) is 0. The number of thioether (sulfide) groups is 1. The average molecular weight is 178 g/mol. The first-order valence-electron chi connectivity index (χ1n) is 3.66. The third-order valence-electron chi connectivity index (χ3n) is 1.48. The van der Waals surface area contributed by atoms with Crippen molar-refractivity contribution in [1.82, 2.24) is 0 Å². The predicted molar refractivity (Wildman–Crippen MR) is 50.7 cm³/mol. The number of nitriles is 1. The highest BCUT2D eigenvalue weighted by atomic mass is 32.2. The van der Waals surface area contributed by atoms with E-state index in [2.05, 4.69) is 6.07 Å². The Morgan fingerprint density at radius 3 is 2.83 bits per heavy atom. The molecule has 1 aromatic rings. The number of nitrogens with two attached hydrogens (primary N) is 1. The highest BCUT2D eigenvalue weighted by Crippen LogP contribution is 2.21. The summed E-state index contributed by atoms with van der Waals surface area (Å²) in [6, 6.07) is 9.98. The Balaban J connectivity index is 2.76. The molecule has 0 amide bonds. The van der Waals surface area contributed by atoms with E-state index in [4.69, 9.17) is 11.0 Å². The molecule has 1 rings (SSSR count). The second-order valence-electron chi connectivity index (χ2n) is 2.26. The molecule has 2 N–H and O–H groups in total. The summed E-state index contributed by atoms with van der Waals surface area (Å²) in [4.78, 5) is 1.11. The molecule has 12 heavy (non-hydrogen) atoms. The van der Waals surface area contributed by atoms with Gasteiger partial charge in [-0.05, 0) is 11.6 Å². The van der Waals surface area contributed by atoms with Gasteiger partial charge in [-0.1, -0.05) is 18.2 Å². The van der Waals surface area contributed by atoms with Gasteiger partial charge in [-0.2, -0.15) is 5.26 Å².